The van der Waals surface area contributed by atoms with Gasteiger partial charge >= 0.3 is 0 Å². The Balaban J connectivity index is 1.27. The first-order chi connectivity index (χ1) is 17.8. The number of ether oxygens (including phenoxy) is 1. The third-order valence-electron chi connectivity index (χ3n) is 7.04. The number of halogens is 4. The highest BCUT2D eigenvalue weighted by molar-refractivity contribution is 6.32. The first-order valence-corrected chi connectivity index (χ1v) is 12.3. The van der Waals surface area contributed by atoms with Crippen molar-refractivity contribution in [2.75, 3.05) is 29.9 Å². The number of alkyl halides is 1. The predicted molar refractivity (Wildman–Crippen MR) is 132 cm³/mol. The first-order valence-electron chi connectivity index (χ1n) is 11.9. The molecule has 2 aliphatic heterocycles. The number of nitrogens with zero attached hydrogens (tertiary/aromatic N) is 5. The fourth-order valence-electron chi connectivity index (χ4n) is 4.88. The Labute approximate surface area is 215 Å². The smallest absolute Gasteiger partial charge is 0.169 e. The summed E-state index contributed by atoms with van der Waals surface area (Å²) in [6, 6.07) is 4.32. The second-order valence-electron chi connectivity index (χ2n) is 9.56. The lowest BCUT2D eigenvalue weighted by molar-refractivity contribution is -0.104. The van der Waals surface area contributed by atoms with E-state index < -0.39 is 17.3 Å². The Morgan fingerprint density at radius 1 is 1.22 bits per heavy atom. The van der Waals surface area contributed by atoms with E-state index in [4.69, 9.17) is 16.3 Å². The van der Waals surface area contributed by atoms with Crippen LogP contribution < -0.4 is 15.0 Å². The highest BCUT2D eigenvalue weighted by Gasteiger charge is 2.45. The van der Waals surface area contributed by atoms with Gasteiger partial charge in [0.25, 0.3) is 0 Å². The second kappa shape index (κ2) is 9.05. The van der Waals surface area contributed by atoms with Crippen molar-refractivity contribution in [1.29, 1.82) is 0 Å². The first kappa shape index (κ1) is 23.8. The zero-order chi connectivity index (χ0) is 25.7. The van der Waals surface area contributed by atoms with E-state index in [9.17, 15) is 9.18 Å². The molecule has 1 aliphatic carbocycles. The van der Waals surface area contributed by atoms with Gasteiger partial charge in [0.1, 0.15) is 41.2 Å². The molecule has 1 saturated carbocycles. The van der Waals surface area contributed by atoms with Crippen molar-refractivity contribution in [1.82, 2.24) is 19.9 Å². The van der Waals surface area contributed by atoms with Gasteiger partial charge in [0.2, 0.25) is 0 Å². The lowest BCUT2D eigenvalue weighted by Gasteiger charge is -2.34. The Bertz CT molecular complexity index is 1420. The average molecular weight is 531 g/mol. The van der Waals surface area contributed by atoms with Gasteiger partial charge in [-0.25, -0.2) is 28.1 Å². The number of carbonyl (C=O) groups is 1. The zero-order valence-corrected chi connectivity index (χ0v) is 20.3. The van der Waals surface area contributed by atoms with Gasteiger partial charge in [-0.15, -0.1) is 0 Å². The number of fused-ring (bicyclic) bond motifs is 3. The summed E-state index contributed by atoms with van der Waals surface area (Å²) in [5.74, 6) is -0.923. The number of hydrogen-bond acceptors (Lipinski definition) is 8. The fourth-order valence-corrected chi connectivity index (χ4v) is 5.10. The predicted octanol–water partition coefficient (Wildman–Crippen LogP) is 4.56. The van der Waals surface area contributed by atoms with Crippen LogP contribution in [0.15, 0.2) is 36.8 Å². The maximum atomic E-state index is 15.1. The van der Waals surface area contributed by atoms with Crippen LogP contribution in [-0.2, 0) is 4.79 Å². The summed E-state index contributed by atoms with van der Waals surface area (Å²) in [7, 11) is 0. The van der Waals surface area contributed by atoms with Crippen LogP contribution in [0.25, 0.3) is 11.0 Å². The SMILES string of the molecule is O=C/C=C/N1C[C@@H]2C[C@H]1CN2c1nc2c(Nc3ccc(OCC4(F)CC4)c(Cl)c3F)ncnc2cc1F. The summed E-state index contributed by atoms with van der Waals surface area (Å²) in [6.07, 6.45) is 6.81. The van der Waals surface area contributed by atoms with Crippen LogP contribution in [0.5, 0.6) is 5.75 Å². The molecule has 1 N–H and O–H groups in total. The van der Waals surface area contributed by atoms with Crippen LogP contribution in [0.4, 0.5) is 30.5 Å². The fraction of sp³-hybridized carbons (Fsp3) is 0.360. The van der Waals surface area contributed by atoms with Crippen LogP contribution in [0.2, 0.25) is 5.02 Å². The Morgan fingerprint density at radius 3 is 2.78 bits per heavy atom. The minimum absolute atomic E-state index is 0.00393. The molecule has 3 fully saturated rings. The van der Waals surface area contributed by atoms with Gasteiger partial charge in [-0.05, 0) is 37.5 Å². The molecular formula is C25H22ClF3N6O2. The second-order valence-corrected chi connectivity index (χ2v) is 9.94. The van der Waals surface area contributed by atoms with Gasteiger partial charge in [0, 0.05) is 31.4 Å². The number of aromatic nitrogens is 3. The minimum Gasteiger partial charge on any atom is -0.489 e. The molecule has 0 spiro atoms. The molecule has 192 valence electrons. The topological polar surface area (TPSA) is 83.5 Å². The van der Waals surface area contributed by atoms with Gasteiger partial charge in [-0.1, -0.05) is 11.6 Å². The largest absolute Gasteiger partial charge is 0.489 e. The number of allylic oxidation sites excluding steroid dienone is 1. The molecule has 0 unspecified atom stereocenters. The molecule has 3 aliphatic rings. The molecule has 2 bridgehead atoms. The van der Waals surface area contributed by atoms with Crippen molar-refractivity contribution in [3.8, 4) is 5.75 Å². The molecule has 2 saturated heterocycles. The van der Waals surface area contributed by atoms with Crippen LogP contribution in [0.1, 0.15) is 19.3 Å². The van der Waals surface area contributed by atoms with Crippen molar-refractivity contribution >= 4 is 46.2 Å². The lowest BCUT2D eigenvalue weighted by atomic mass is 10.2. The number of nitrogens with one attached hydrogen (secondary N) is 1. The number of aldehydes is 1. The summed E-state index contributed by atoms with van der Waals surface area (Å²) < 4.78 is 49.4. The van der Waals surface area contributed by atoms with Gasteiger partial charge in [-0.2, -0.15) is 0 Å². The zero-order valence-electron chi connectivity index (χ0n) is 19.5. The molecule has 1 aromatic carbocycles. The van der Waals surface area contributed by atoms with Gasteiger partial charge in [0.15, 0.2) is 23.3 Å². The van der Waals surface area contributed by atoms with Crippen LogP contribution >= 0.6 is 11.6 Å². The van der Waals surface area contributed by atoms with Crippen molar-refractivity contribution in [2.45, 2.75) is 37.0 Å². The number of pyridine rings is 1. The van der Waals surface area contributed by atoms with Crippen LogP contribution in [0.3, 0.4) is 0 Å². The summed E-state index contributed by atoms with van der Waals surface area (Å²) >= 11 is 6.15. The Morgan fingerprint density at radius 2 is 2.05 bits per heavy atom. The maximum absolute atomic E-state index is 15.1. The van der Waals surface area contributed by atoms with Gasteiger partial charge in [-0.3, -0.25) is 4.79 Å². The van der Waals surface area contributed by atoms with Crippen molar-refractivity contribution < 1.29 is 22.7 Å². The van der Waals surface area contributed by atoms with Gasteiger partial charge in [0.05, 0.1) is 17.2 Å². The van der Waals surface area contributed by atoms with E-state index in [-0.39, 0.29) is 57.8 Å². The van der Waals surface area contributed by atoms with E-state index in [1.807, 2.05) is 4.90 Å². The number of likely N-dealkylation sites (tertiary alicyclic amines) is 1. The number of rotatable bonds is 8. The summed E-state index contributed by atoms with van der Waals surface area (Å²) in [6.45, 7) is 1.01. The van der Waals surface area contributed by atoms with E-state index in [1.54, 1.807) is 6.20 Å². The molecule has 0 radical (unpaired) electrons. The summed E-state index contributed by atoms with van der Waals surface area (Å²) in [5, 5.41) is 2.59. The molecule has 4 heterocycles. The molecule has 2 atom stereocenters. The maximum Gasteiger partial charge on any atom is 0.169 e. The normalized spacial score (nSPS) is 21.7. The standard InChI is InChI=1S/C25H22ClF3N6O2/c26-20-19(37-12-25(29)4-5-25)3-2-17(21(20)28)32-23-22-18(30-13-31-23)9-16(27)24(33-22)35-11-14-8-15(35)10-34(14)6-1-7-36/h1-3,6-7,9,13-15H,4-5,8,10-12H2,(H,30,31,32)/b6-1+/t14-,15-/m0/s1. The molecule has 12 heteroatoms. The molecule has 37 heavy (non-hydrogen) atoms. The average Bonchev–Trinajstić information content (AvgIpc) is 3.30. The highest BCUT2D eigenvalue weighted by atomic mass is 35.5. The molecular weight excluding hydrogens is 509 g/mol. The van der Waals surface area contributed by atoms with Crippen LogP contribution in [-0.4, -0.2) is 63.6 Å². The van der Waals surface area contributed by atoms with Gasteiger partial charge < -0.3 is 19.9 Å². The molecule has 3 aromatic rings. The number of carbonyl (C=O) groups excluding carboxylic acids is 1. The Kier molecular flexibility index (Phi) is 5.82. The van der Waals surface area contributed by atoms with Crippen molar-refractivity contribution in [2.24, 2.45) is 0 Å². The molecule has 0 amide bonds. The quantitative estimate of drug-likeness (QED) is 0.335. The monoisotopic (exact) mass is 530 g/mol. The minimum atomic E-state index is -1.37. The van der Waals surface area contributed by atoms with Crippen molar-refractivity contribution in [3.63, 3.8) is 0 Å². The summed E-state index contributed by atoms with van der Waals surface area (Å²) in [4.78, 5) is 27.5. The molecule has 6 rings (SSSR count). The highest BCUT2D eigenvalue weighted by Crippen LogP contribution is 2.42. The molecule has 2 aromatic heterocycles. The van der Waals surface area contributed by atoms with E-state index in [0.717, 1.165) is 12.7 Å². The molecule has 8 nitrogen and oxygen atoms in total. The summed E-state index contributed by atoms with van der Waals surface area (Å²) in [5.41, 5.74) is -0.843. The number of benzene rings is 1. The van der Waals surface area contributed by atoms with E-state index >= 15 is 8.78 Å². The third-order valence-corrected chi connectivity index (χ3v) is 7.39. The third kappa shape index (κ3) is 4.41. The number of piperazine rings is 1. The van der Waals surface area contributed by atoms with Crippen molar-refractivity contribution in [3.05, 3.63) is 53.5 Å². The van der Waals surface area contributed by atoms with E-state index in [2.05, 4.69) is 25.2 Å². The lowest BCUT2D eigenvalue weighted by Crippen LogP contribution is -2.44. The van der Waals surface area contributed by atoms with E-state index in [0.29, 0.717) is 25.9 Å². The Hall–Kier alpha value is -3.60. The number of hydrogen-bond donors (Lipinski definition) is 1. The number of anilines is 3. The van der Waals surface area contributed by atoms with E-state index in [1.165, 1.54) is 30.6 Å². The van der Waals surface area contributed by atoms with Crippen LogP contribution in [0, 0.1) is 11.6 Å².